The van der Waals surface area contributed by atoms with Gasteiger partial charge in [-0.2, -0.15) is 0 Å². The molecule has 0 bridgehead atoms. The van der Waals surface area contributed by atoms with Crippen molar-refractivity contribution in [1.82, 2.24) is 0 Å². The number of nitrogens with zero attached hydrogens (tertiary/aromatic N) is 1. The highest BCUT2D eigenvalue weighted by molar-refractivity contribution is 8.19. The number of ether oxygens (including phenoxy) is 3. The van der Waals surface area contributed by atoms with Gasteiger partial charge < -0.3 is 14.2 Å². The average molecular weight is 413 g/mol. The predicted octanol–water partition coefficient (Wildman–Crippen LogP) is 3.88. The van der Waals surface area contributed by atoms with Gasteiger partial charge in [-0.05, 0) is 54.6 Å². The molecule has 2 aromatic rings. The van der Waals surface area contributed by atoms with Gasteiger partial charge in [0.25, 0.3) is 11.1 Å². The van der Waals surface area contributed by atoms with E-state index in [1.165, 1.54) is 7.11 Å². The molecule has 29 heavy (non-hydrogen) atoms. The number of imide groups is 1. The molecule has 2 amide bonds. The molecular weight excluding hydrogens is 394 g/mol. The number of amides is 2. The van der Waals surface area contributed by atoms with Crippen LogP contribution in [0.15, 0.2) is 53.4 Å². The quantitative estimate of drug-likeness (QED) is 0.503. The van der Waals surface area contributed by atoms with E-state index in [4.69, 9.17) is 9.47 Å². The summed E-state index contributed by atoms with van der Waals surface area (Å²) < 4.78 is 15.6. The van der Waals surface area contributed by atoms with E-state index in [1.54, 1.807) is 48.5 Å². The smallest absolute Gasteiger partial charge is 0.343 e. The number of hydrogen-bond donors (Lipinski definition) is 0. The van der Waals surface area contributed by atoms with Crippen molar-refractivity contribution in [2.75, 3.05) is 25.2 Å². The monoisotopic (exact) mass is 413 g/mol. The van der Waals surface area contributed by atoms with Gasteiger partial charge in [-0.1, -0.05) is 24.3 Å². The van der Waals surface area contributed by atoms with Crippen molar-refractivity contribution in [1.29, 1.82) is 0 Å². The highest BCUT2D eigenvalue weighted by atomic mass is 32.2. The fourth-order valence-corrected chi connectivity index (χ4v) is 3.46. The van der Waals surface area contributed by atoms with Gasteiger partial charge in [0.15, 0.2) is 18.1 Å². The molecule has 1 heterocycles. The van der Waals surface area contributed by atoms with Crippen LogP contribution in [0.2, 0.25) is 0 Å². The van der Waals surface area contributed by atoms with Crippen LogP contribution in [0.25, 0.3) is 6.08 Å². The number of anilines is 1. The van der Waals surface area contributed by atoms with Crippen LogP contribution >= 0.6 is 11.8 Å². The number of carbonyl (C=O) groups excluding carboxylic acids is 3. The number of rotatable bonds is 7. The van der Waals surface area contributed by atoms with E-state index in [0.29, 0.717) is 34.3 Å². The molecule has 0 aromatic heterocycles. The zero-order chi connectivity index (χ0) is 20.8. The highest BCUT2D eigenvalue weighted by Crippen LogP contribution is 2.37. The Hall–Kier alpha value is -3.26. The fraction of sp³-hybridized carbons (Fsp3) is 0.190. The van der Waals surface area contributed by atoms with E-state index >= 15 is 0 Å². The summed E-state index contributed by atoms with van der Waals surface area (Å²) in [5, 5.41) is -0.351. The molecule has 0 spiro atoms. The number of hydrogen-bond acceptors (Lipinski definition) is 7. The Morgan fingerprint density at radius 3 is 2.52 bits per heavy atom. The van der Waals surface area contributed by atoms with Crippen LogP contribution < -0.4 is 14.4 Å². The van der Waals surface area contributed by atoms with Crippen LogP contribution in [-0.4, -0.2) is 37.4 Å². The van der Waals surface area contributed by atoms with Gasteiger partial charge in [-0.3, -0.25) is 9.59 Å². The van der Waals surface area contributed by atoms with E-state index < -0.39 is 5.97 Å². The summed E-state index contributed by atoms with van der Waals surface area (Å²) in [5.41, 5.74) is 1.19. The van der Waals surface area contributed by atoms with Crippen LogP contribution in [-0.2, 0) is 14.3 Å². The molecular formula is C21H19NO6S. The number of benzene rings is 2. The molecule has 150 valence electrons. The Kier molecular flexibility index (Phi) is 6.56. The summed E-state index contributed by atoms with van der Waals surface area (Å²) >= 11 is 0.877. The topological polar surface area (TPSA) is 82.1 Å². The molecule has 7 nitrogen and oxygen atoms in total. The molecule has 1 fully saturated rings. The number of methoxy groups -OCH3 is 1. The van der Waals surface area contributed by atoms with Crippen LogP contribution in [0, 0.1) is 0 Å². The summed E-state index contributed by atoms with van der Waals surface area (Å²) in [4.78, 5) is 37.8. The standard InChI is InChI=1S/C21H19NO6S/c1-3-27-17-11-14(9-10-16(17)28-13-19(23)26-2)12-18-20(24)22(21(25)29-18)15-7-5-4-6-8-15/h4-12H,3,13H2,1-2H3. The van der Waals surface area contributed by atoms with Gasteiger partial charge in [0, 0.05) is 0 Å². The minimum absolute atomic E-state index is 0.244. The van der Waals surface area contributed by atoms with Crippen LogP contribution in [0.1, 0.15) is 12.5 Å². The second kappa shape index (κ2) is 9.29. The second-order valence-corrected chi connectivity index (χ2v) is 6.85. The summed E-state index contributed by atoms with van der Waals surface area (Å²) in [6.45, 7) is 1.97. The first-order valence-corrected chi connectivity index (χ1v) is 9.64. The predicted molar refractivity (Wildman–Crippen MR) is 110 cm³/mol. The number of carbonyl (C=O) groups is 3. The minimum atomic E-state index is -0.508. The second-order valence-electron chi connectivity index (χ2n) is 5.86. The van der Waals surface area contributed by atoms with E-state index in [1.807, 2.05) is 13.0 Å². The maximum atomic E-state index is 12.7. The minimum Gasteiger partial charge on any atom is -0.490 e. The molecule has 8 heteroatoms. The number of thioether (sulfide) groups is 1. The summed E-state index contributed by atoms with van der Waals surface area (Å²) in [6, 6.07) is 13.8. The van der Waals surface area contributed by atoms with Crippen molar-refractivity contribution in [3.05, 3.63) is 59.0 Å². The van der Waals surface area contributed by atoms with Crippen LogP contribution in [0.3, 0.4) is 0 Å². The first-order valence-electron chi connectivity index (χ1n) is 8.83. The largest absolute Gasteiger partial charge is 0.490 e. The number of para-hydroxylation sites is 1. The first-order chi connectivity index (χ1) is 14.0. The Bertz CT molecular complexity index is 957. The third-order valence-corrected chi connectivity index (χ3v) is 4.82. The Balaban J connectivity index is 1.84. The molecule has 0 aliphatic carbocycles. The Labute approximate surface area is 172 Å². The van der Waals surface area contributed by atoms with Gasteiger partial charge in [0.2, 0.25) is 0 Å². The molecule has 0 saturated carbocycles. The van der Waals surface area contributed by atoms with Gasteiger partial charge in [-0.15, -0.1) is 0 Å². The van der Waals surface area contributed by atoms with Gasteiger partial charge >= 0.3 is 5.97 Å². The van der Waals surface area contributed by atoms with E-state index in [9.17, 15) is 14.4 Å². The lowest BCUT2D eigenvalue weighted by molar-refractivity contribution is -0.142. The van der Waals surface area contributed by atoms with Crippen LogP contribution in [0.5, 0.6) is 11.5 Å². The lowest BCUT2D eigenvalue weighted by Gasteiger charge is -2.12. The van der Waals surface area contributed by atoms with Crippen molar-refractivity contribution in [2.45, 2.75) is 6.92 Å². The molecule has 0 atom stereocenters. The van der Waals surface area contributed by atoms with Crippen molar-refractivity contribution in [2.24, 2.45) is 0 Å². The van der Waals surface area contributed by atoms with E-state index in [-0.39, 0.29) is 17.8 Å². The normalized spacial score (nSPS) is 15.0. The third kappa shape index (κ3) is 4.78. The van der Waals surface area contributed by atoms with Gasteiger partial charge in [-0.25, -0.2) is 9.69 Å². The molecule has 1 aliphatic rings. The Morgan fingerprint density at radius 1 is 1.07 bits per heavy atom. The summed E-state index contributed by atoms with van der Waals surface area (Å²) in [5.74, 6) is -0.0829. The molecule has 2 aromatic carbocycles. The maximum absolute atomic E-state index is 12.7. The van der Waals surface area contributed by atoms with E-state index in [2.05, 4.69) is 4.74 Å². The molecule has 0 unspecified atom stereocenters. The molecule has 1 aliphatic heterocycles. The SMILES string of the molecule is CCOc1cc(C=C2SC(=O)N(c3ccccc3)C2=O)ccc1OCC(=O)OC. The zero-order valence-corrected chi connectivity index (χ0v) is 16.7. The lowest BCUT2D eigenvalue weighted by Crippen LogP contribution is -2.27. The molecule has 3 rings (SSSR count). The average Bonchev–Trinajstić information content (AvgIpc) is 3.01. The summed E-state index contributed by atoms with van der Waals surface area (Å²) in [6.07, 6.45) is 1.63. The zero-order valence-electron chi connectivity index (χ0n) is 15.9. The Morgan fingerprint density at radius 2 is 1.83 bits per heavy atom. The highest BCUT2D eigenvalue weighted by Gasteiger charge is 2.36. The maximum Gasteiger partial charge on any atom is 0.343 e. The molecule has 0 N–H and O–H groups in total. The third-order valence-electron chi connectivity index (χ3n) is 3.95. The van der Waals surface area contributed by atoms with E-state index in [0.717, 1.165) is 16.7 Å². The molecule has 1 saturated heterocycles. The fourth-order valence-electron chi connectivity index (χ4n) is 2.62. The van der Waals surface area contributed by atoms with Gasteiger partial charge in [0.1, 0.15) is 0 Å². The van der Waals surface area contributed by atoms with Crippen molar-refractivity contribution >= 4 is 40.6 Å². The van der Waals surface area contributed by atoms with Gasteiger partial charge in [0.05, 0.1) is 24.3 Å². The first kappa shape index (κ1) is 20.5. The van der Waals surface area contributed by atoms with Crippen molar-refractivity contribution in [3.63, 3.8) is 0 Å². The van der Waals surface area contributed by atoms with Crippen LogP contribution in [0.4, 0.5) is 10.5 Å². The van der Waals surface area contributed by atoms with Crippen molar-refractivity contribution in [3.8, 4) is 11.5 Å². The molecule has 0 radical (unpaired) electrons. The van der Waals surface area contributed by atoms with Crippen molar-refractivity contribution < 1.29 is 28.6 Å². The summed E-state index contributed by atoms with van der Waals surface area (Å²) in [7, 11) is 1.28. The lowest BCUT2D eigenvalue weighted by atomic mass is 10.1. The number of esters is 1.